The van der Waals surface area contributed by atoms with E-state index in [1.807, 2.05) is 18.2 Å². The maximum Gasteiger partial charge on any atom is 0.143 e. The zero-order chi connectivity index (χ0) is 15.8. The maximum absolute atomic E-state index is 5.14. The molecule has 6 heteroatoms. The van der Waals surface area contributed by atoms with Gasteiger partial charge in [-0.3, -0.25) is 4.98 Å². The minimum atomic E-state index is 0.456. The minimum absolute atomic E-state index is 0.456. The summed E-state index contributed by atoms with van der Waals surface area (Å²) in [5.41, 5.74) is 5.58. The Hall–Kier alpha value is -2.44. The molecular formula is C17H14N4OS. The second kappa shape index (κ2) is 5.64. The summed E-state index contributed by atoms with van der Waals surface area (Å²) in [4.78, 5) is 19.2. The van der Waals surface area contributed by atoms with Crippen LogP contribution >= 0.6 is 11.3 Å². The molecule has 0 saturated heterocycles. The molecule has 0 radical (unpaired) electrons. The molecule has 23 heavy (non-hydrogen) atoms. The predicted octanol–water partition coefficient (Wildman–Crippen LogP) is 3.76. The normalized spacial score (nSPS) is 11.4. The zero-order valence-electron chi connectivity index (χ0n) is 12.8. The van der Waals surface area contributed by atoms with Crippen LogP contribution in [0.25, 0.3) is 32.0 Å². The van der Waals surface area contributed by atoms with Crippen LogP contribution < -0.4 is 0 Å². The number of hydrogen-bond donors (Lipinski definition) is 0. The van der Waals surface area contributed by atoms with E-state index in [0.717, 1.165) is 43.2 Å². The molecular weight excluding hydrogens is 308 g/mol. The highest BCUT2D eigenvalue weighted by Crippen LogP contribution is 2.33. The Morgan fingerprint density at radius 1 is 1.13 bits per heavy atom. The van der Waals surface area contributed by atoms with Gasteiger partial charge in [0.2, 0.25) is 0 Å². The van der Waals surface area contributed by atoms with E-state index < -0.39 is 0 Å². The van der Waals surface area contributed by atoms with Crippen molar-refractivity contribution in [3.05, 3.63) is 47.9 Å². The van der Waals surface area contributed by atoms with Crippen molar-refractivity contribution in [2.45, 2.75) is 13.5 Å². The van der Waals surface area contributed by atoms with Crippen LogP contribution in [0.4, 0.5) is 0 Å². The fourth-order valence-corrected chi connectivity index (χ4v) is 3.49. The lowest BCUT2D eigenvalue weighted by atomic mass is 10.1. The van der Waals surface area contributed by atoms with E-state index in [-0.39, 0.29) is 0 Å². The maximum atomic E-state index is 5.14. The van der Waals surface area contributed by atoms with Crippen molar-refractivity contribution in [2.24, 2.45) is 0 Å². The van der Waals surface area contributed by atoms with E-state index in [1.165, 1.54) is 0 Å². The fourth-order valence-electron chi connectivity index (χ4n) is 2.57. The van der Waals surface area contributed by atoms with Gasteiger partial charge in [-0.15, -0.1) is 0 Å². The molecule has 0 N–H and O–H groups in total. The first-order valence-electron chi connectivity index (χ1n) is 7.22. The topological polar surface area (TPSA) is 60.8 Å². The summed E-state index contributed by atoms with van der Waals surface area (Å²) in [6.45, 7) is 2.51. The molecule has 114 valence electrons. The molecule has 0 aliphatic rings. The number of methoxy groups -OCH3 is 1. The van der Waals surface area contributed by atoms with Gasteiger partial charge in [0.15, 0.2) is 0 Å². The molecule has 0 fully saturated rings. The van der Waals surface area contributed by atoms with Gasteiger partial charge < -0.3 is 4.74 Å². The number of fused-ring (bicyclic) bond motifs is 2. The van der Waals surface area contributed by atoms with Gasteiger partial charge in [-0.1, -0.05) is 11.3 Å². The molecule has 0 amide bonds. The SMILES string of the molecule is COCc1cnc2c(-c3nc4cccnc4s3)cc(C)cc2n1. The van der Waals surface area contributed by atoms with E-state index in [4.69, 9.17) is 9.72 Å². The average molecular weight is 322 g/mol. The van der Waals surface area contributed by atoms with Gasteiger partial charge in [-0.05, 0) is 36.8 Å². The third-order valence-electron chi connectivity index (χ3n) is 3.53. The molecule has 0 aliphatic carbocycles. The van der Waals surface area contributed by atoms with Crippen LogP contribution in [0.1, 0.15) is 11.3 Å². The van der Waals surface area contributed by atoms with Gasteiger partial charge >= 0.3 is 0 Å². The fraction of sp³-hybridized carbons (Fsp3) is 0.176. The molecule has 0 bridgehead atoms. The lowest BCUT2D eigenvalue weighted by molar-refractivity contribution is 0.181. The van der Waals surface area contributed by atoms with Crippen molar-refractivity contribution in [1.82, 2.24) is 19.9 Å². The smallest absolute Gasteiger partial charge is 0.143 e. The highest BCUT2D eigenvalue weighted by Gasteiger charge is 2.13. The van der Waals surface area contributed by atoms with Crippen molar-refractivity contribution in [2.75, 3.05) is 7.11 Å². The Morgan fingerprint density at radius 2 is 2.04 bits per heavy atom. The number of benzene rings is 1. The Balaban J connectivity index is 1.94. The molecule has 0 saturated carbocycles. The first-order chi connectivity index (χ1) is 11.2. The number of hydrogen-bond acceptors (Lipinski definition) is 6. The van der Waals surface area contributed by atoms with Gasteiger partial charge in [0.1, 0.15) is 15.4 Å². The number of ether oxygens (including phenoxy) is 1. The van der Waals surface area contributed by atoms with Gasteiger partial charge in [0, 0.05) is 18.9 Å². The summed E-state index contributed by atoms with van der Waals surface area (Å²) >= 11 is 1.57. The Kier molecular flexibility index (Phi) is 3.48. The van der Waals surface area contributed by atoms with E-state index in [1.54, 1.807) is 30.8 Å². The first-order valence-corrected chi connectivity index (χ1v) is 8.03. The van der Waals surface area contributed by atoms with Crippen LogP contribution in [-0.2, 0) is 11.3 Å². The number of aromatic nitrogens is 4. The molecule has 0 atom stereocenters. The lowest BCUT2D eigenvalue weighted by Gasteiger charge is -2.06. The highest BCUT2D eigenvalue weighted by molar-refractivity contribution is 7.21. The molecule has 0 spiro atoms. The van der Waals surface area contributed by atoms with Crippen LogP contribution in [0.3, 0.4) is 0 Å². The predicted molar refractivity (Wildman–Crippen MR) is 91.4 cm³/mol. The van der Waals surface area contributed by atoms with Crippen LogP contribution in [-0.4, -0.2) is 27.0 Å². The first kappa shape index (κ1) is 14.2. The van der Waals surface area contributed by atoms with Crippen molar-refractivity contribution in [3.8, 4) is 10.6 Å². The van der Waals surface area contributed by atoms with Crippen molar-refractivity contribution in [3.63, 3.8) is 0 Å². The van der Waals surface area contributed by atoms with E-state index >= 15 is 0 Å². The second-order valence-corrected chi connectivity index (χ2v) is 6.30. The summed E-state index contributed by atoms with van der Waals surface area (Å²) in [6, 6.07) is 8.01. The molecule has 4 aromatic rings. The molecule has 4 rings (SSSR count). The lowest BCUT2D eigenvalue weighted by Crippen LogP contribution is -1.96. The third kappa shape index (κ3) is 2.56. The highest BCUT2D eigenvalue weighted by atomic mass is 32.1. The largest absolute Gasteiger partial charge is 0.378 e. The number of rotatable bonds is 3. The second-order valence-electron chi connectivity index (χ2n) is 5.32. The third-order valence-corrected chi connectivity index (χ3v) is 4.54. The summed E-state index contributed by atoms with van der Waals surface area (Å²) in [5.74, 6) is 0. The van der Waals surface area contributed by atoms with Gasteiger partial charge in [0.05, 0.1) is 29.5 Å². The monoisotopic (exact) mass is 322 g/mol. The van der Waals surface area contributed by atoms with Crippen LogP contribution in [0.5, 0.6) is 0 Å². The van der Waals surface area contributed by atoms with E-state index in [2.05, 4.69) is 27.9 Å². The minimum Gasteiger partial charge on any atom is -0.378 e. The Morgan fingerprint density at radius 3 is 2.87 bits per heavy atom. The Labute approximate surface area is 137 Å². The van der Waals surface area contributed by atoms with Crippen molar-refractivity contribution in [1.29, 1.82) is 0 Å². The van der Waals surface area contributed by atoms with Crippen LogP contribution in [0, 0.1) is 6.92 Å². The van der Waals surface area contributed by atoms with Crippen molar-refractivity contribution < 1.29 is 4.74 Å². The number of pyridine rings is 1. The van der Waals surface area contributed by atoms with Crippen LogP contribution in [0.15, 0.2) is 36.7 Å². The zero-order valence-corrected chi connectivity index (χ0v) is 13.6. The molecule has 3 heterocycles. The number of aryl methyl sites for hydroxylation is 1. The van der Waals surface area contributed by atoms with Gasteiger partial charge in [0.25, 0.3) is 0 Å². The number of thiazole rings is 1. The number of nitrogens with zero attached hydrogens (tertiary/aromatic N) is 4. The quantitative estimate of drug-likeness (QED) is 0.575. The molecule has 0 unspecified atom stereocenters. The van der Waals surface area contributed by atoms with E-state index in [9.17, 15) is 0 Å². The Bertz CT molecular complexity index is 979. The standard InChI is InChI=1S/C17H14N4OS/c1-10-6-12(16-21-13-4-3-5-18-17(13)23-16)15-14(7-10)20-11(8-19-15)9-22-2/h3-8H,9H2,1-2H3. The van der Waals surface area contributed by atoms with Crippen LogP contribution in [0.2, 0.25) is 0 Å². The molecule has 0 aliphatic heterocycles. The summed E-state index contributed by atoms with van der Waals surface area (Å²) < 4.78 is 5.14. The summed E-state index contributed by atoms with van der Waals surface area (Å²) in [5, 5.41) is 0.918. The van der Waals surface area contributed by atoms with Crippen molar-refractivity contribution >= 4 is 32.7 Å². The van der Waals surface area contributed by atoms with Gasteiger partial charge in [-0.2, -0.15) is 0 Å². The van der Waals surface area contributed by atoms with Gasteiger partial charge in [-0.25, -0.2) is 15.0 Å². The molecule has 1 aromatic carbocycles. The van der Waals surface area contributed by atoms with E-state index in [0.29, 0.717) is 6.61 Å². The molecule has 5 nitrogen and oxygen atoms in total. The summed E-state index contributed by atoms with van der Waals surface area (Å²) in [7, 11) is 1.65. The average Bonchev–Trinajstić information content (AvgIpc) is 2.98. The molecule has 3 aromatic heterocycles. The summed E-state index contributed by atoms with van der Waals surface area (Å²) in [6.07, 6.45) is 3.55.